The molecule has 56 heavy (non-hydrogen) atoms. The second-order valence-corrected chi connectivity index (χ2v) is 15.0. The molecule has 0 fully saturated rings. The number of thiophene rings is 1. The van der Waals surface area contributed by atoms with Gasteiger partial charge in [-0.1, -0.05) is 158 Å². The van der Waals surface area contributed by atoms with Crippen LogP contribution < -0.4 is 0 Å². The van der Waals surface area contributed by atoms with Crippen LogP contribution in [-0.2, 0) is 0 Å². The second kappa shape index (κ2) is 13.3. The Kier molecular flexibility index (Phi) is 7.64. The van der Waals surface area contributed by atoms with Crippen molar-refractivity contribution in [3.63, 3.8) is 0 Å². The number of hydrogen-bond acceptors (Lipinski definition) is 4. The summed E-state index contributed by atoms with van der Waals surface area (Å²) in [6.07, 6.45) is 0. The van der Waals surface area contributed by atoms with Gasteiger partial charge in [0.05, 0.1) is 16.7 Å². The summed E-state index contributed by atoms with van der Waals surface area (Å²) in [5, 5.41) is 4.84. The van der Waals surface area contributed by atoms with Gasteiger partial charge in [-0.2, -0.15) is 0 Å². The molecule has 0 aliphatic heterocycles. The van der Waals surface area contributed by atoms with Crippen molar-refractivity contribution < 1.29 is 0 Å². The minimum atomic E-state index is 0.617. The van der Waals surface area contributed by atoms with Crippen LogP contribution in [0.4, 0.5) is 0 Å². The molecule has 4 nitrogen and oxygen atoms in total. The molecule has 0 saturated heterocycles. The summed E-state index contributed by atoms with van der Waals surface area (Å²) in [4.78, 5) is 16.1. The predicted molar refractivity (Wildman–Crippen MR) is 234 cm³/mol. The van der Waals surface area contributed by atoms with E-state index in [-0.39, 0.29) is 0 Å². The third kappa shape index (κ3) is 5.32. The molecule has 3 heterocycles. The average Bonchev–Trinajstić information content (AvgIpc) is 3.82. The number of para-hydroxylation sites is 2. The topological polar surface area (TPSA) is 43.6 Å². The van der Waals surface area contributed by atoms with Crippen molar-refractivity contribution in [2.45, 2.75) is 0 Å². The van der Waals surface area contributed by atoms with Crippen LogP contribution in [0, 0.1) is 0 Å². The molecule has 0 atom stereocenters. The predicted octanol–water partition coefficient (Wildman–Crippen LogP) is 13.7. The van der Waals surface area contributed by atoms with E-state index in [9.17, 15) is 0 Å². The van der Waals surface area contributed by atoms with E-state index in [1.165, 1.54) is 37.4 Å². The van der Waals surface area contributed by atoms with Crippen LogP contribution in [0.25, 0.3) is 104 Å². The monoisotopic (exact) mass is 732 g/mol. The van der Waals surface area contributed by atoms with Crippen LogP contribution in [-0.4, -0.2) is 19.5 Å². The van der Waals surface area contributed by atoms with Crippen molar-refractivity contribution in [3.8, 4) is 62.1 Å². The van der Waals surface area contributed by atoms with Gasteiger partial charge in [0, 0.05) is 47.6 Å². The molecule has 0 aliphatic carbocycles. The zero-order valence-corrected chi connectivity index (χ0v) is 31.0. The highest BCUT2D eigenvalue weighted by Gasteiger charge is 2.22. The molecule has 8 aromatic carbocycles. The van der Waals surface area contributed by atoms with Crippen LogP contribution in [0.5, 0.6) is 0 Å². The Morgan fingerprint density at radius 3 is 1.70 bits per heavy atom. The summed E-state index contributed by atoms with van der Waals surface area (Å²) in [5.41, 5.74) is 10.6. The maximum atomic E-state index is 5.39. The first-order chi connectivity index (χ1) is 27.8. The first-order valence-corrected chi connectivity index (χ1v) is 19.6. The van der Waals surface area contributed by atoms with E-state index in [0.717, 1.165) is 49.2 Å². The van der Waals surface area contributed by atoms with Crippen molar-refractivity contribution in [2.75, 3.05) is 0 Å². The molecule has 0 saturated carbocycles. The van der Waals surface area contributed by atoms with Gasteiger partial charge in [0.15, 0.2) is 17.5 Å². The first kappa shape index (κ1) is 32.2. The lowest BCUT2D eigenvalue weighted by Crippen LogP contribution is -2.04. The standard InChI is InChI=1S/C51H32N4S/c1-3-16-33(17-4-1)35-30-31-38-37-21-9-12-27-44(37)55(46(38)32-35)45-28-13-10-24-42(45)50-52-49(41-23-8-7-20-36(41)34-18-5-2-6-19-34)53-51(54-50)43-26-15-25-40-39-22-11-14-29-47(39)56-48(40)43/h1-32H. The number of aromatic nitrogens is 4. The van der Waals surface area contributed by atoms with Crippen LogP contribution in [0.3, 0.4) is 0 Å². The Balaban J connectivity index is 1.19. The van der Waals surface area contributed by atoms with Gasteiger partial charge in [0.1, 0.15) is 0 Å². The molecule has 11 rings (SSSR count). The van der Waals surface area contributed by atoms with Crippen molar-refractivity contribution in [1.82, 2.24) is 19.5 Å². The highest BCUT2D eigenvalue weighted by molar-refractivity contribution is 7.26. The summed E-state index contributed by atoms with van der Waals surface area (Å²) in [6.45, 7) is 0. The van der Waals surface area contributed by atoms with Crippen molar-refractivity contribution in [3.05, 3.63) is 194 Å². The Hall–Kier alpha value is -7.21. The van der Waals surface area contributed by atoms with Crippen LogP contribution in [0.15, 0.2) is 194 Å². The third-order valence-corrected chi connectivity index (χ3v) is 11.9. The largest absolute Gasteiger partial charge is 0.308 e. The quantitative estimate of drug-likeness (QED) is 0.171. The van der Waals surface area contributed by atoms with E-state index >= 15 is 0 Å². The fourth-order valence-corrected chi connectivity index (χ4v) is 9.32. The zero-order chi connectivity index (χ0) is 37.0. The smallest absolute Gasteiger partial charge is 0.166 e. The summed E-state index contributed by atoms with van der Waals surface area (Å²) >= 11 is 1.79. The normalized spacial score (nSPS) is 11.6. The molecule has 0 aliphatic rings. The fraction of sp³-hybridized carbons (Fsp3) is 0. The van der Waals surface area contributed by atoms with Gasteiger partial charge in [0.25, 0.3) is 0 Å². The summed E-state index contributed by atoms with van der Waals surface area (Å²) in [6, 6.07) is 68.5. The van der Waals surface area contributed by atoms with Gasteiger partial charge < -0.3 is 4.57 Å². The number of rotatable bonds is 6. The number of hydrogen-bond donors (Lipinski definition) is 0. The van der Waals surface area contributed by atoms with Crippen LogP contribution in [0.2, 0.25) is 0 Å². The van der Waals surface area contributed by atoms with Crippen molar-refractivity contribution >= 4 is 53.3 Å². The number of benzene rings is 8. The molecule has 0 bridgehead atoms. The molecule has 0 radical (unpaired) electrons. The minimum Gasteiger partial charge on any atom is -0.308 e. The number of fused-ring (bicyclic) bond motifs is 6. The van der Waals surface area contributed by atoms with Crippen LogP contribution in [0.1, 0.15) is 0 Å². The summed E-state index contributed by atoms with van der Waals surface area (Å²) < 4.78 is 4.78. The van der Waals surface area contributed by atoms with Gasteiger partial charge in [-0.15, -0.1) is 11.3 Å². The summed E-state index contributed by atoms with van der Waals surface area (Å²) in [7, 11) is 0. The zero-order valence-electron chi connectivity index (χ0n) is 30.2. The lowest BCUT2D eigenvalue weighted by atomic mass is 9.99. The molecule has 5 heteroatoms. The van der Waals surface area contributed by atoms with E-state index in [0.29, 0.717) is 17.5 Å². The average molecular weight is 733 g/mol. The maximum Gasteiger partial charge on any atom is 0.166 e. The van der Waals surface area contributed by atoms with Crippen LogP contribution >= 0.6 is 11.3 Å². The number of nitrogens with zero attached hydrogens (tertiary/aromatic N) is 4. The fourth-order valence-electron chi connectivity index (χ4n) is 8.11. The SMILES string of the molecule is c1ccc(-c2ccc3c4ccccc4n(-c4ccccc4-c4nc(-c5ccccc5-c5ccccc5)nc(-c5cccc6c5sc5ccccc56)n4)c3c2)cc1. The third-order valence-electron chi connectivity index (χ3n) is 10.7. The molecule has 3 aromatic heterocycles. The minimum absolute atomic E-state index is 0.617. The Labute approximate surface area is 327 Å². The Bertz CT molecular complexity index is 3250. The van der Waals surface area contributed by atoms with Gasteiger partial charge >= 0.3 is 0 Å². The molecule has 262 valence electrons. The lowest BCUT2D eigenvalue weighted by molar-refractivity contribution is 1.07. The Morgan fingerprint density at radius 1 is 0.339 bits per heavy atom. The first-order valence-electron chi connectivity index (χ1n) is 18.8. The Morgan fingerprint density at radius 2 is 0.893 bits per heavy atom. The maximum absolute atomic E-state index is 5.39. The van der Waals surface area contributed by atoms with E-state index in [1.807, 2.05) is 6.07 Å². The van der Waals surface area contributed by atoms with Gasteiger partial charge in [0.2, 0.25) is 0 Å². The second-order valence-electron chi connectivity index (χ2n) is 14.0. The summed E-state index contributed by atoms with van der Waals surface area (Å²) in [5.74, 6) is 1.89. The molecule has 0 spiro atoms. The highest BCUT2D eigenvalue weighted by atomic mass is 32.1. The molecule has 0 unspecified atom stereocenters. The highest BCUT2D eigenvalue weighted by Crippen LogP contribution is 2.42. The molecular weight excluding hydrogens is 701 g/mol. The molecule has 11 aromatic rings. The van der Waals surface area contributed by atoms with E-state index in [2.05, 4.69) is 193 Å². The molecule has 0 amide bonds. The van der Waals surface area contributed by atoms with Gasteiger partial charge in [-0.05, 0) is 58.7 Å². The molecule has 0 N–H and O–H groups in total. The lowest BCUT2D eigenvalue weighted by Gasteiger charge is -2.16. The van der Waals surface area contributed by atoms with Crippen molar-refractivity contribution in [1.29, 1.82) is 0 Å². The van der Waals surface area contributed by atoms with E-state index < -0.39 is 0 Å². The van der Waals surface area contributed by atoms with Crippen molar-refractivity contribution in [2.24, 2.45) is 0 Å². The van der Waals surface area contributed by atoms with E-state index in [4.69, 9.17) is 15.0 Å². The van der Waals surface area contributed by atoms with Gasteiger partial charge in [-0.3, -0.25) is 0 Å². The van der Waals surface area contributed by atoms with E-state index in [1.54, 1.807) is 11.3 Å². The van der Waals surface area contributed by atoms with Gasteiger partial charge in [-0.25, -0.2) is 15.0 Å². The molecular formula is C51H32N4S.